The van der Waals surface area contributed by atoms with E-state index in [4.69, 9.17) is 0 Å². The summed E-state index contributed by atoms with van der Waals surface area (Å²) in [6.07, 6.45) is 0. The third-order valence-corrected chi connectivity index (χ3v) is 2.62. The topological polar surface area (TPSA) is 20.2 Å². The molecule has 0 bridgehead atoms. The molecule has 1 aromatic carbocycles. The number of benzene rings is 1. The van der Waals surface area contributed by atoms with Crippen LogP contribution in [0.2, 0.25) is 0 Å². The van der Waals surface area contributed by atoms with Crippen molar-refractivity contribution < 1.29 is 5.11 Å². The second-order valence-electron chi connectivity index (χ2n) is 3.89. The van der Waals surface area contributed by atoms with E-state index < -0.39 is 0 Å². The highest BCUT2D eigenvalue weighted by atomic mass is 79.9. The zero-order chi connectivity index (χ0) is 9.35. The Labute approximate surface area is 81.6 Å². The molecule has 0 aliphatic rings. The molecule has 0 saturated heterocycles. The fourth-order valence-corrected chi connectivity index (χ4v) is 1.96. The fraction of sp³-hybridized carbons (Fsp3) is 0.400. The van der Waals surface area contributed by atoms with Crippen molar-refractivity contribution >= 4 is 15.9 Å². The van der Waals surface area contributed by atoms with Gasteiger partial charge in [-0.3, -0.25) is 0 Å². The first-order valence-corrected chi connectivity index (χ1v) is 4.70. The molecule has 1 aromatic rings. The molecule has 0 aliphatic heterocycles. The van der Waals surface area contributed by atoms with Gasteiger partial charge in [-0.15, -0.1) is 0 Å². The third-order valence-electron chi connectivity index (χ3n) is 1.79. The summed E-state index contributed by atoms with van der Waals surface area (Å²) in [7, 11) is 0. The number of phenolic OH excluding ortho intramolecular Hbond substituents is 1. The molecule has 0 spiro atoms. The summed E-state index contributed by atoms with van der Waals surface area (Å²) in [5.74, 6) is 0.308. The van der Waals surface area contributed by atoms with Crippen molar-refractivity contribution in [2.24, 2.45) is 0 Å². The maximum Gasteiger partial charge on any atom is 0.130 e. The van der Waals surface area contributed by atoms with E-state index in [1.165, 1.54) is 0 Å². The van der Waals surface area contributed by atoms with Crippen molar-refractivity contribution in [3.05, 3.63) is 28.2 Å². The summed E-state index contributed by atoms with van der Waals surface area (Å²) in [6.45, 7) is 6.35. The van der Waals surface area contributed by atoms with Gasteiger partial charge in [-0.2, -0.15) is 0 Å². The van der Waals surface area contributed by atoms with E-state index in [-0.39, 0.29) is 5.41 Å². The first-order chi connectivity index (χ1) is 5.43. The quantitative estimate of drug-likeness (QED) is 0.722. The van der Waals surface area contributed by atoms with E-state index in [2.05, 4.69) is 36.7 Å². The van der Waals surface area contributed by atoms with Gasteiger partial charge in [0.15, 0.2) is 0 Å². The second kappa shape index (κ2) is 3.09. The Morgan fingerprint density at radius 3 is 2.25 bits per heavy atom. The Morgan fingerprint density at radius 2 is 1.83 bits per heavy atom. The van der Waals surface area contributed by atoms with Crippen molar-refractivity contribution in [2.45, 2.75) is 26.2 Å². The van der Waals surface area contributed by atoms with Crippen LogP contribution in [0.15, 0.2) is 22.7 Å². The van der Waals surface area contributed by atoms with E-state index in [0.717, 1.165) is 10.0 Å². The molecule has 0 unspecified atom stereocenters. The maximum atomic E-state index is 9.42. The van der Waals surface area contributed by atoms with Gasteiger partial charge < -0.3 is 5.11 Å². The van der Waals surface area contributed by atoms with Crippen molar-refractivity contribution in [3.8, 4) is 5.75 Å². The van der Waals surface area contributed by atoms with Gasteiger partial charge in [0.1, 0.15) is 5.75 Å². The van der Waals surface area contributed by atoms with Crippen molar-refractivity contribution in [1.29, 1.82) is 0 Å². The van der Waals surface area contributed by atoms with E-state index >= 15 is 0 Å². The van der Waals surface area contributed by atoms with Crippen LogP contribution in [0.3, 0.4) is 0 Å². The lowest BCUT2D eigenvalue weighted by Crippen LogP contribution is -2.11. The van der Waals surface area contributed by atoms with Crippen molar-refractivity contribution in [3.63, 3.8) is 0 Å². The number of hydrogen-bond donors (Lipinski definition) is 1. The average molecular weight is 229 g/mol. The molecule has 1 nitrogen and oxygen atoms in total. The summed E-state index contributed by atoms with van der Waals surface area (Å²) >= 11 is 3.37. The average Bonchev–Trinajstić information content (AvgIpc) is 1.92. The Kier molecular flexibility index (Phi) is 2.47. The first kappa shape index (κ1) is 9.59. The summed E-state index contributed by atoms with van der Waals surface area (Å²) in [6, 6.07) is 5.56. The Balaban J connectivity index is 3.26. The molecule has 0 saturated carbocycles. The number of rotatable bonds is 0. The Hall–Kier alpha value is -0.500. The standard InChI is InChI=1S/C10H13BrO/c1-10(2,3)7-5-4-6-8(12)9(7)11/h4-6,12H,1-3H3. The molecule has 1 N–H and O–H groups in total. The van der Waals surface area contributed by atoms with Gasteiger partial charge in [0.2, 0.25) is 0 Å². The lowest BCUT2D eigenvalue weighted by molar-refractivity contribution is 0.466. The molecule has 2 heteroatoms. The first-order valence-electron chi connectivity index (χ1n) is 3.91. The molecule has 0 aromatic heterocycles. The summed E-state index contributed by atoms with van der Waals surface area (Å²) in [5.41, 5.74) is 1.19. The zero-order valence-electron chi connectivity index (χ0n) is 7.56. The molecule has 0 fully saturated rings. The highest BCUT2D eigenvalue weighted by molar-refractivity contribution is 9.10. The number of hydrogen-bond acceptors (Lipinski definition) is 1. The highest BCUT2D eigenvalue weighted by Crippen LogP contribution is 2.34. The van der Waals surface area contributed by atoms with E-state index in [1.54, 1.807) is 6.07 Å². The second-order valence-corrected chi connectivity index (χ2v) is 4.68. The molecule has 0 amide bonds. The minimum absolute atomic E-state index is 0.0670. The third kappa shape index (κ3) is 1.81. The molecule has 1 rings (SSSR count). The summed E-state index contributed by atoms with van der Waals surface area (Å²) in [5, 5.41) is 9.42. The molecule has 0 heterocycles. The number of halogens is 1. The lowest BCUT2D eigenvalue weighted by atomic mass is 9.87. The van der Waals surface area contributed by atoms with Crippen molar-refractivity contribution in [1.82, 2.24) is 0 Å². The molecule has 0 radical (unpaired) electrons. The minimum Gasteiger partial charge on any atom is -0.507 e. The van der Waals surface area contributed by atoms with E-state index in [0.29, 0.717) is 5.75 Å². The fourth-order valence-electron chi connectivity index (χ4n) is 1.10. The van der Waals surface area contributed by atoms with Crippen molar-refractivity contribution in [2.75, 3.05) is 0 Å². The molecule has 0 aliphatic carbocycles. The smallest absolute Gasteiger partial charge is 0.130 e. The van der Waals surface area contributed by atoms with Crippen LogP contribution in [0.1, 0.15) is 26.3 Å². The highest BCUT2D eigenvalue weighted by Gasteiger charge is 2.17. The van der Waals surface area contributed by atoms with Gasteiger partial charge in [-0.25, -0.2) is 0 Å². The monoisotopic (exact) mass is 228 g/mol. The maximum absolute atomic E-state index is 9.42. The van der Waals surface area contributed by atoms with E-state index in [9.17, 15) is 5.11 Å². The van der Waals surface area contributed by atoms with Gasteiger partial charge in [-0.1, -0.05) is 32.9 Å². The van der Waals surface area contributed by atoms with Crippen LogP contribution in [-0.2, 0) is 5.41 Å². The zero-order valence-corrected chi connectivity index (χ0v) is 9.14. The van der Waals surface area contributed by atoms with Crippen LogP contribution in [0, 0.1) is 0 Å². The number of aromatic hydroxyl groups is 1. The molecule has 66 valence electrons. The van der Waals surface area contributed by atoms with Crippen LogP contribution in [0.4, 0.5) is 0 Å². The van der Waals surface area contributed by atoms with Crippen LogP contribution >= 0.6 is 15.9 Å². The minimum atomic E-state index is 0.0670. The normalized spacial score (nSPS) is 11.7. The molecule has 0 atom stereocenters. The molecular formula is C10H13BrO. The van der Waals surface area contributed by atoms with E-state index in [1.807, 2.05) is 12.1 Å². The Bertz CT molecular complexity index is 286. The van der Waals surface area contributed by atoms with Gasteiger partial charge in [0, 0.05) is 0 Å². The van der Waals surface area contributed by atoms with Gasteiger partial charge >= 0.3 is 0 Å². The van der Waals surface area contributed by atoms with Crippen LogP contribution in [0.25, 0.3) is 0 Å². The molecular weight excluding hydrogens is 216 g/mol. The SMILES string of the molecule is CC(C)(C)c1cccc(O)c1Br. The predicted octanol–water partition coefficient (Wildman–Crippen LogP) is 3.45. The van der Waals surface area contributed by atoms with Crippen LogP contribution in [-0.4, -0.2) is 5.11 Å². The summed E-state index contributed by atoms with van der Waals surface area (Å²) in [4.78, 5) is 0. The van der Waals surface area contributed by atoms with Crippen LogP contribution in [0.5, 0.6) is 5.75 Å². The Morgan fingerprint density at radius 1 is 1.25 bits per heavy atom. The van der Waals surface area contributed by atoms with Gasteiger partial charge in [0.05, 0.1) is 4.47 Å². The predicted molar refractivity (Wildman–Crippen MR) is 54.5 cm³/mol. The summed E-state index contributed by atoms with van der Waals surface area (Å²) < 4.78 is 0.803. The lowest BCUT2D eigenvalue weighted by Gasteiger charge is -2.20. The largest absolute Gasteiger partial charge is 0.507 e. The van der Waals surface area contributed by atoms with Crippen LogP contribution < -0.4 is 0 Å². The van der Waals surface area contributed by atoms with Gasteiger partial charge in [0.25, 0.3) is 0 Å². The number of phenols is 1. The molecule has 12 heavy (non-hydrogen) atoms. The van der Waals surface area contributed by atoms with Gasteiger partial charge in [-0.05, 0) is 33.0 Å².